The van der Waals surface area contributed by atoms with Crippen molar-refractivity contribution < 1.29 is 5.32 Å². The van der Waals surface area contributed by atoms with Gasteiger partial charge in [0, 0.05) is 12.8 Å². The van der Waals surface area contributed by atoms with E-state index in [0.29, 0.717) is 5.41 Å². The van der Waals surface area contributed by atoms with E-state index in [2.05, 4.69) is 31.0 Å². The second kappa shape index (κ2) is 6.58. The molecule has 112 valence electrons. The zero-order chi connectivity index (χ0) is 13.8. The minimum absolute atomic E-state index is 0.518. The van der Waals surface area contributed by atoms with Crippen LogP contribution in [0.4, 0.5) is 0 Å². The monoisotopic (exact) mass is 267 g/mol. The van der Waals surface area contributed by atoms with Crippen molar-refractivity contribution in [2.24, 2.45) is 10.8 Å². The van der Waals surface area contributed by atoms with Crippen LogP contribution >= 0.6 is 0 Å². The van der Waals surface area contributed by atoms with E-state index in [0.717, 1.165) is 5.41 Å². The first-order valence-corrected chi connectivity index (χ1v) is 8.53. The first kappa shape index (κ1) is 15.3. The van der Waals surface area contributed by atoms with Crippen LogP contribution in [0.25, 0.3) is 0 Å². The molecule has 0 unspecified atom stereocenters. The van der Waals surface area contributed by atoms with Crippen LogP contribution in [0.5, 0.6) is 0 Å². The van der Waals surface area contributed by atoms with Crippen molar-refractivity contribution in [3.63, 3.8) is 0 Å². The Hall–Kier alpha value is -0.0800. The van der Waals surface area contributed by atoms with Gasteiger partial charge in [-0.05, 0) is 56.1 Å². The molecular weight excluding hydrogens is 232 g/mol. The molecule has 2 nitrogen and oxygen atoms in total. The Bertz CT molecular complexity index is 251. The summed E-state index contributed by atoms with van der Waals surface area (Å²) in [5.41, 5.74) is 1.27. The summed E-state index contributed by atoms with van der Waals surface area (Å²) in [5.74, 6) is 0. The minimum atomic E-state index is 0.518. The summed E-state index contributed by atoms with van der Waals surface area (Å²) in [6.45, 7) is 13.9. The van der Waals surface area contributed by atoms with Gasteiger partial charge in [-0.25, -0.2) is 0 Å². The summed E-state index contributed by atoms with van der Waals surface area (Å²) in [7, 11) is 0. The highest BCUT2D eigenvalue weighted by molar-refractivity contribution is 4.86. The lowest BCUT2D eigenvalue weighted by Crippen LogP contribution is -2.87. The molecule has 2 aliphatic rings. The molecule has 0 aromatic rings. The van der Waals surface area contributed by atoms with E-state index in [9.17, 15) is 0 Å². The topological polar surface area (TPSA) is 19.9 Å². The van der Waals surface area contributed by atoms with Gasteiger partial charge in [0.05, 0.1) is 13.1 Å². The minimum Gasteiger partial charge on any atom is -0.346 e. The molecule has 0 aromatic heterocycles. The van der Waals surface area contributed by atoms with Crippen molar-refractivity contribution in [1.29, 1.82) is 0 Å². The van der Waals surface area contributed by atoms with Crippen LogP contribution in [-0.4, -0.2) is 37.6 Å². The van der Waals surface area contributed by atoms with Crippen LogP contribution in [-0.2, 0) is 0 Å². The summed E-state index contributed by atoms with van der Waals surface area (Å²) in [6.07, 6.45) is 10.1. The first-order chi connectivity index (χ1) is 8.99. The fourth-order valence-electron chi connectivity index (χ4n) is 3.83. The highest BCUT2D eigenvalue weighted by Crippen LogP contribution is 2.38. The molecule has 2 rings (SSSR count). The summed E-state index contributed by atoms with van der Waals surface area (Å²) in [5, 5.41) is 2.50. The lowest BCUT2D eigenvalue weighted by Gasteiger charge is -2.43. The summed E-state index contributed by atoms with van der Waals surface area (Å²) in [6, 6.07) is 0. The van der Waals surface area contributed by atoms with Crippen molar-refractivity contribution >= 4 is 0 Å². The molecule has 2 heteroatoms. The van der Waals surface area contributed by atoms with E-state index < -0.39 is 0 Å². The molecule has 2 fully saturated rings. The third kappa shape index (κ3) is 5.07. The van der Waals surface area contributed by atoms with Crippen molar-refractivity contribution in [1.82, 2.24) is 4.90 Å². The molecule has 2 aliphatic heterocycles. The quantitative estimate of drug-likeness (QED) is 0.776. The van der Waals surface area contributed by atoms with E-state index in [-0.39, 0.29) is 0 Å². The number of hydrogen-bond donors (Lipinski definition) is 1. The fraction of sp³-hybridized carbons (Fsp3) is 1.00. The lowest BCUT2D eigenvalue weighted by atomic mass is 9.71. The standard InChI is InChI=1S/C17H34N2/c1-16(2,3)6-4-5-13-19-14-9-17(10-15-19)7-11-18-12-8-17/h18H,4-15H2,1-3H3/p+1. The third-order valence-electron chi connectivity index (χ3n) is 5.33. The van der Waals surface area contributed by atoms with Gasteiger partial charge in [0.15, 0.2) is 0 Å². The number of quaternary nitrogens is 1. The van der Waals surface area contributed by atoms with Crippen molar-refractivity contribution in [3.8, 4) is 0 Å². The summed E-state index contributed by atoms with van der Waals surface area (Å²) < 4.78 is 0. The number of likely N-dealkylation sites (tertiary alicyclic amines) is 1. The molecule has 0 aromatic carbocycles. The average molecular weight is 267 g/mol. The predicted octanol–water partition coefficient (Wildman–Crippen LogP) is 2.64. The lowest BCUT2D eigenvalue weighted by molar-refractivity contribution is -0.668. The van der Waals surface area contributed by atoms with Gasteiger partial charge < -0.3 is 10.2 Å². The van der Waals surface area contributed by atoms with E-state index in [4.69, 9.17) is 0 Å². The van der Waals surface area contributed by atoms with Crippen LogP contribution < -0.4 is 5.32 Å². The Balaban J connectivity index is 1.61. The molecule has 0 amide bonds. The van der Waals surface area contributed by atoms with Gasteiger partial charge in [-0.3, -0.25) is 0 Å². The molecule has 1 spiro atoms. The largest absolute Gasteiger partial charge is 0.346 e. The Morgan fingerprint density at radius 3 is 2.16 bits per heavy atom. The zero-order valence-electron chi connectivity index (χ0n) is 13.5. The molecular formula is C17H35N2+. The maximum Gasteiger partial charge on any atom is 0.0760 e. The van der Waals surface area contributed by atoms with Gasteiger partial charge in [0.2, 0.25) is 0 Å². The summed E-state index contributed by atoms with van der Waals surface area (Å²) in [4.78, 5) is 2.73. The number of nitrogens with two attached hydrogens (primary N) is 1. The number of unbranched alkanes of at least 4 members (excludes halogenated alkanes) is 1. The maximum absolute atomic E-state index is 2.73. The number of rotatable bonds is 4. The molecule has 0 saturated carbocycles. The van der Waals surface area contributed by atoms with E-state index in [1.807, 2.05) is 0 Å². The molecule has 0 aliphatic carbocycles. The fourth-order valence-corrected chi connectivity index (χ4v) is 3.83. The molecule has 0 radical (unpaired) electrons. The smallest absolute Gasteiger partial charge is 0.0760 e. The predicted molar refractivity (Wildman–Crippen MR) is 82.3 cm³/mol. The van der Waals surface area contributed by atoms with Gasteiger partial charge in [-0.2, -0.15) is 0 Å². The number of nitrogens with zero attached hydrogens (tertiary/aromatic N) is 1. The van der Waals surface area contributed by atoms with E-state index in [1.54, 1.807) is 0 Å². The molecule has 2 heterocycles. The third-order valence-corrected chi connectivity index (χ3v) is 5.33. The van der Waals surface area contributed by atoms with Crippen LogP contribution in [0.1, 0.15) is 65.7 Å². The molecule has 0 bridgehead atoms. The zero-order valence-corrected chi connectivity index (χ0v) is 13.5. The van der Waals surface area contributed by atoms with Crippen LogP contribution in [0.2, 0.25) is 0 Å². The Morgan fingerprint density at radius 1 is 0.947 bits per heavy atom. The SMILES string of the molecule is CC(C)(C)CCCCN1CCC2(CC[NH2+]CC2)CC1. The van der Waals surface area contributed by atoms with Gasteiger partial charge in [-0.1, -0.05) is 27.2 Å². The first-order valence-electron chi connectivity index (χ1n) is 8.53. The number of hydrogen-bond acceptors (Lipinski definition) is 1. The summed E-state index contributed by atoms with van der Waals surface area (Å²) >= 11 is 0. The molecule has 2 N–H and O–H groups in total. The van der Waals surface area contributed by atoms with Gasteiger partial charge >= 0.3 is 0 Å². The van der Waals surface area contributed by atoms with Crippen molar-refractivity contribution in [3.05, 3.63) is 0 Å². The molecule has 2 saturated heterocycles. The normalized spacial score (nSPS) is 24.8. The highest BCUT2D eigenvalue weighted by atomic mass is 15.1. The van der Waals surface area contributed by atoms with Gasteiger partial charge in [0.25, 0.3) is 0 Å². The molecule has 0 atom stereocenters. The van der Waals surface area contributed by atoms with Gasteiger partial charge in [0.1, 0.15) is 0 Å². The van der Waals surface area contributed by atoms with Crippen LogP contribution in [0.3, 0.4) is 0 Å². The van der Waals surface area contributed by atoms with Crippen LogP contribution in [0, 0.1) is 10.8 Å². The van der Waals surface area contributed by atoms with E-state index >= 15 is 0 Å². The van der Waals surface area contributed by atoms with E-state index in [1.165, 1.54) is 77.7 Å². The second-order valence-electron chi connectivity index (χ2n) is 8.23. The Kier molecular flexibility index (Phi) is 5.30. The van der Waals surface area contributed by atoms with Crippen molar-refractivity contribution in [2.45, 2.75) is 65.7 Å². The van der Waals surface area contributed by atoms with Gasteiger partial charge in [-0.15, -0.1) is 0 Å². The highest BCUT2D eigenvalue weighted by Gasteiger charge is 2.36. The average Bonchev–Trinajstić information content (AvgIpc) is 2.37. The number of piperidine rings is 2. The van der Waals surface area contributed by atoms with Crippen LogP contribution in [0.15, 0.2) is 0 Å². The maximum atomic E-state index is 2.73. The second-order valence-corrected chi connectivity index (χ2v) is 8.23. The Morgan fingerprint density at radius 2 is 1.58 bits per heavy atom. The molecule has 19 heavy (non-hydrogen) atoms. The Labute approximate surface area is 120 Å². The van der Waals surface area contributed by atoms with Crippen molar-refractivity contribution in [2.75, 3.05) is 32.7 Å².